The number of ether oxygens (including phenoxy) is 4. The van der Waals surface area contributed by atoms with Gasteiger partial charge in [0.15, 0.2) is 12.2 Å². The molecule has 0 aliphatic rings. The Balaban J connectivity index is 1.45. The summed E-state index contributed by atoms with van der Waals surface area (Å²) in [5.41, 5.74) is 2.70. The molecule has 4 aromatic carbocycles. The maximum absolute atomic E-state index is 12.7. The highest BCUT2D eigenvalue weighted by Crippen LogP contribution is 2.35. The first kappa shape index (κ1) is 28.0. The Bertz CT molecular complexity index is 1330. The van der Waals surface area contributed by atoms with Crippen LogP contribution in [0.25, 0.3) is 11.1 Å². The van der Waals surface area contributed by atoms with Gasteiger partial charge in [-0.1, -0.05) is 48.5 Å². The molecule has 0 heterocycles. The third-order valence-electron chi connectivity index (χ3n) is 6.10. The first-order valence-electron chi connectivity index (χ1n) is 12.8. The van der Waals surface area contributed by atoms with Crippen molar-refractivity contribution < 1.29 is 28.5 Å². The fourth-order valence-corrected chi connectivity index (χ4v) is 3.93. The topological polar surface area (TPSA) is 95.1 Å². The molecule has 0 unspecified atom stereocenters. The fraction of sp³-hybridized carbons (Fsp3) is 0.188. The first-order valence-corrected chi connectivity index (χ1v) is 12.8. The highest BCUT2D eigenvalue weighted by Gasteiger charge is 2.19. The molecular weight excluding hydrogens is 508 g/mol. The predicted octanol–water partition coefficient (Wildman–Crippen LogP) is 6.18. The van der Waals surface area contributed by atoms with Gasteiger partial charge in [-0.05, 0) is 73.5 Å². The van der Waals surface area contributed by atoms with Gasteiger partial charge in [-0.15, -0.1) is 0 Å². The van der Waals surface area contributed by atoms with Crippen LogP contribution in [0.1, 0.15) is 13.8 Å². The summed E-state index contributed by atoms with van der Waals surface area (Å²) in [5.74, 6) is 1.59. The molecule has 0 spiro atoms. The van der Waals surface area contributed by atoms with Crippen molar-refractivity contribution in [2.75, 3.05) is 24.9 Å². The van der Waals surface area contributed by atoms with Crippen LogP contribution in [0.5, 0.6) is 23.0 Å². The molecule has 4 rings (SSSR count). The molecule has 0 saturated heterocycles. The van der Waals surface area contributed by atoms with E-state index in [2.05, 4.69) is 10.6 Å². The monoisotopic (exact) mass is 540 g/mol. The van der Waals surface area contributed by atoms with Crippen LogP contribution < -0.4 is 29.6 Å². The minimum Gasteiger partial charge on any atom is -0.495 e. The Morgan fingerprint density at radius 2 is 0.950 bits per heavy atom. The normalized spacial score (nSPS) is 12.0. The van der Waals surface area contributed by atoms with E-state index in [1.165, 1.54) is 14.2 Å². The molecule has 2 atom stereocenters. The first-order chi connectivity index (χ1) is 19.4. The van der Waals surface area contributed by atoms with Crippen LogP contribution in [0.15, 0.2) is 97.1 Å². The van der Waals surface area contributed by atoms with Crippen molar-refractivity contribution in [1.82, 2.24) is 0 Å². The number of hydrogen-bond acceptors (Lipinski definition) is 6. The second-order valence-electron chi connectivity index (χ2n) is 8.95. The second-order valence-corrected chi connectivity index (χ2v) is 8.95. The zero-order valence-electron chi connectivity index (χ0n) is 22.8. The van der Waals surface area contributed by atoms with Crippen LogP contribution in [0.4, 0.5) is 11.4 Å². The predicted molar refractivity (Wildman–Crippen MR) is 155 cm³/mol. The van der Waals surface area contributed by atoms with E-state index >= 15 is 0 Å². The largest absolute Gasteiger partial charge is 0.495 e. The van der Waals surface area contributed by atoms with E-state index in [0.29, 0.717) is 34.4 Å². The van der Waals surface area contributed by atoms with E-state index in [1.54, 1.807) is 50.2 Å². The van der Waals surface area contributed by atoms with Crippen LogP contribution in [-0.4, -0.2) is 38.2 Å². The van der Waals surface area contributed by atoms with E-state index in [-0.39, 0.29) is 11.8 Å². The van der Waals surface area contributed by atoms with Crippen LogP contribution >= 0.6 is 0 Å². The standard InChI is InChI=1S/C32H32N2O6/c1-21(39-25-11-7-5-8-12-25)31(35)33-27-17-15-23(19-29(27)37-3)24-16-18-28(30(20-24)38-4)34-32(36)22(2)40-26-13-9-6-10-14-26/h5-22H,1-4H3,(H,33,35)(H,34,36)/t21-,22-/m1/s1. The van der Waals surface area contributed by atoms with Gasteiger partial charge in [0.1, 0.15) is 23.0 Å². The number of carbonyl (C=O) groups excluding carboxylic acids is 2. The molecule has 4 aromatic rings. The minimum atomic E-state index is -0.709. The summed E-state index contributed by atoms with van der Waals surface area (Å²) in [6.07, 6.45) is -1.42. The van der Waals surface area contributed by atoms with E-state index in [0.717, 1.165) is 11.1 Å². The fourth-order valence-electron chi connectivity index (χ4n) is 3.93. The van der Waals surface area contributed by atoms with Gasteiger partial charge in [-0.3, -0.25) is 9.59 Å². The number of carbonyl (C=O) groups is 2. The molecule has 8 nitrogen and oxygen atoms in total. The summed E-state index contributed by atoms with van der Waals surface area (Å²) in [5, 5.41) is 5.74. The lowest BCUT2D eigenvalue weighted by Gasteiger charge is -2.18. The van der Waals surface area contributed by atoms with Crippen molar-refractivity contribution in [2.45, 2.75) is 26.1 Å². The van der Waals surface area contributed by atoms with Crippen molar-refractivity contribution in [3.8, 4) is 34.1 Å². The van der Waals surface area contributed by atoms with Gasteiger partial charge in [0.05, 0.1) is 25.6 Å². The molecule has 0 bridgehead atoms. The summed E-state index contributed by atoms with van der Waals surface area (Å²) in [6.45, 7) is 3.37. The molecule has 0 saturated carbocycles. The molecule has 8 heteroatoms. The second kappa shape index (κ2) is 13.2. The number of rotatable bonds is 11. The number of anilines is 2. The number of methoxy groups -OCH3 is 2. The molecule has 0 aliphatic carbocycles. The van der Waals surface area contributed by atoms with Crippen LogP contribution in [0, 0.1) is 0 Å². The van der Waals surface area contributed by atoms with Gasteiger partial charge in [0.2, 0.25) is 0 Å². The summed E-state index contributed by atoms with van der Waals surface area (Å²) >= 11 is 0. The van der Waals surface area contributed by atoms with Crippen molar-refractivity contribution >= 4 is 23.2 Å². The maximum Gasteiger partial charge on any atom is 0.265 e. The summed E-state index contributed by atoms with van der Waals surface area (Å²) < 4.78 is 22.6. The molecule has 0 aliphatic heterocycles. The number of benzene rings is 4. The summed E-state index contributed by atoms with van der Waals surface area (Å²) in [4.78, 5) is 25.5. The highest BCUT2D eigenvalue weighted by atomic mass is 16.5. The molecule has 0 fully saturated rings. The number of para-hydroxylation sites is 2. The van der Waals surface area contributed by atoms with Crippen molar-refractivity contribution in [2.24, 2.45) is 0 Å². The highest BCUT2D eigenvalue weighted by molar-refractivity contribution is 5.97. The Kier molecular flexibility index (Phi) is 9.25. The van der Waals surface area contributed by atoms with Crippen LogP contribution in [-0.2, 0) is 9.59 Å². The quantitative estimate of drug-likeness (QED) is 0.236. The molecule has 2 amide bonds. The van der Waals surface area contributed by atoms with Gasteiger partial charge in [0.25, 0.3) is 11.8 Å². The van der Waals surface area contributed by atoms with Gasteiger partial charge in [-0.25, -0.2) is 0 Å². The lowest BCUT2D eigenvalue weighted by Crippen LogP contribution is -2.30. The average Bonchev–Trinajstić information content (AvgIpc) is 2.98. The summed E-state index contributed by atoms with van der Waals surface area (Å²) in [6, 6.07) is 29.2. The Morgan fingerprint density at radius 3 is 1.30 bits per heavy atom. The van der Waals surface area contributed by atoms with Gasteiger partial charge < -0.3 is 29.6 Å². The number of amides is 2. The summed E-state index contributed by atoms with van der Waals surface area (Å²) in [7, 11) is 3.08. The van der Waals surface area contributed by atoms with Gasteiger partial charge in [-0.2, -0.15) is 0 Å². The van der Waals surface area contributed by atoms with Crippen molar-refractivity contribution in [3.05, 3.63) is 97.1 Å². The molecule has 206 valence electrons. The van der Waals surface area contributed by atoms with Gasteiger partial charge in [0, 0.05) is 0 Å². The third-order valence-corrected chi connectivity index (χ3v) is 6.10. The Morgan fingerprint density at radius 1 is 0.575 bits per heavy atom. The lowest BCUT2D eigenvalue weighted by molar-refractivity contribution is -0.122. The van der Waals surface area contributed by atoms with E-state index < -0.39 is 12.2 Å². The Labute approximate surface area is 233 Å². The van der Waals surface area contributed by atoms with E-state index in [1.807, 2.05) is 60.7 Å². The Hall–Kier alpha value is -4.98. The van der Waals surface area contributed by atoms with Gasteiger partial charge >= 0.3 is 0 Å². The van der Waals surface area contributed by atoms with Crippen molar-refractivity contribution in [3.63, 3.8) is 0 Å². The smallest absolute Gasteiger partial charge is 0.265 e. The number of nitrogens with one attached hydrogen (secondary N) is 2. The number of hydrogen-bond donors (Lipinski definition) is 2. The molecule has 2 N–H and O–H groups in total. The zero-order valence-corrected chi connectivity index (χ0v) is 22.8. The maximum atomic E-state index is 12.7. The molecule has 40 heavy (non-hydrogen) atoms. The van der Waals surface area contributed by atoms with E-state index in [4.69, 9.17) is 18.9 Å². The van der Waals surface area contributed by atoms with Crippen LogP contribution in [0.3, 0.4) is 0 Å². The van der Waals surface area contributed by atoms with Crippen molar-refractivity contribution in [1.29, 1.82) is 0 Å². The van der Waals surface area contributed by atoms with Crippen LogP contribution in [0.2, 0.25) is 0 Å². The molecule has 0 aromatic heterocycles. The zero-order chi connectivity index (χ0) is 28.5. The third kappa shape index (κ3) is 7.11. The molecule has 0 radical (unpaired) electrons. The molecular formula is C32H32N2O6. The van der Waals surface area contributed by atoms with E-state index in [9.17, 15) is 9.59 Å². The SMILES string of the molecule is COc1cc(-c2ccc(NC(=O)[C@@H](C)Oc3ccccc3)c(OC)c2)ccc1NC(=O)[C@@H](C)Oc1ccccc1. The lowest BCUT2D eigenvalue weighted by atomic mass is 10.0. The average molecular weight is 541 g/mol. The minimum absolute atomic E-state index is 0.304.